The maximum absolute atomic E-state index is 11.6. The Labute approximate surface area is 96.8 Å². The summed E-state index contributed by atoms with van der Waals surface area (Å²) >= 11 is 3.24. The average Bonchev–Trinajstić information content (AvgIpc) is 2.22. The number of hydrogen-bond acceptors (Lipinski definition) is 3. The molecule has 82 valence electrons. The van der Waals surface area contributed by atoms with Crippen molar-refractivity contribution < 1.29 is 9.90 Å². The highest BCUT2D eigenvalue weighted by Gasteiger charge is 2.10. The number of phenolic OH excluding ortho intramolecular Hbond substituents is 1. The Kier molecular flexibility index (Phi) is 4.58. The first kappa shape index (κ1) is 12.0. The van der Waals surface area contributed by atoms with Gasteiger partial charge in [-0.2, -0.15) is 0 Å². The first-order chi connectivity index (χ1) is 7.15. The Hall–Kier alpha value is -1.07. The SMILES string of the molecule is CNCCNC(=O)c1cc(Br)ccc1O. The van der Waals surface area contributed by atoms with Crippen LogP contribution in [-0.4, -0.2) is 31.2 Å². The van der Waals surface area contributed by atoms with Crippen LogP contribution in [0.4, 0.5) is 0 Å². The van der Waals surface area contributed by atoms with Gasteiger partial charge in [0.25, 0.3) is 5.91 Å². The molecule has 1 amide bonds. The Morgan fingerprint density at radius 1 is 1.47 bits per heavy atom. The minimum absolute atomic E-state index is 0.0137. The van der Waals surface area contributed by atoms with Gasteiger partial charge >= 0.3 is 0 Å². The number of amides is 1. The number of likely N-dealkylation sites (N-methyl/N-ethyl adjacent to an activating group) is 1. The molecule has 1 aromatic rings. The topological polar surface area (TPSA) is 61.4 Å². The van der Waals surface area contributed by atoms with Gasteiger partial charge in [-0.25, -0.2) is 0 Å². The molecule has 0 atom stereocenters. The fourth-order valence-electron chi connectivity index (χ4n) is 1.09. The molecule has 0 unspecified atom stereocenters. The minimum atomic E-state index is -0.274. The summed E-state index contributed by atoms with van der Waals surface area (Å²) < 4.78 is 0.763. The molecular formula is C10H13BrN2O2. The third-order valence-corrected chi connectivity index (χ3v) is 2.36. The highest BCUT2D eigenvalue weighted by Crippen LogP contribution is 2.21. The molecule has 0 fully saturated rings. The summed E-state index contributed by atoms with van der Waals surface area (Å²) in [6, 6.07) is 4.75. The van der Waals surface area contributed by atoms with Crippen molar-refractivity contribution in [1.82, 2.24) is 10.6 Å². The van der Waals surface area contributed by atoms with Crippen LogP contribution in [0.15, 0.2) is 22.7 Å². The second kappa shape index (κ2) is 5.72. The van der Waals surface area contributed by atoms with Crippen LogP contribution in [-0.2, 0) is 0 Å². The number of carbonyl (C=O) groups is 1. The maximum Gasteiger partial charge on any atom is 0.255 e. The number of halogens is 1. The summed E-state index contributed by atoms with van der Waals surface area (Å²) in [7, 11) is 1.81. The molecule has 1 aromatic carbocycles. The molecule has 0 heterocycles. The molecule has 0 saturated carbocycles. The first-order valence-electron chi connectivity index (χ1n) is 4.56. The van der Waals surface area contributed by atoms with Gasteiger partial charge in [-0.05, 0) is 25.2 Å². The lowest BCUT2D eigenvalue weighted by Crippen LogP contribution is -2.30. The summed E-state index contributed by atoms with van der Waals surface area (Å²) in [6.45, 7) is 1.22. The molecule has 0 saturated heterocycles. The average molecular weight is 273 g/mol. The van der Waals surface area contributed by atoms with Crippen LogP contribution in [0.2, 0.25) is 0 Å². The molecule has 0 radical (unpaired) electrons. The van der Waals surface area contributed by atoms with Crippen LogP contribution in [0.1, 0.15) is 10.4 Å². The van der Waals surface area contributed by atoms with E-state index >= 15 is 0 Å². The molecule has 15 heavy (non-hydrogen) atoms. The van der Waals surface area contributed by atoms with Crippen molar-refractivity contribution in [2.45, 2.75) is 0 Å². The molecule has 5 heteroatoms. The van der Waals surface area contributed by atoms with E-state index in [0.29, 0.717) is 13.1 Å². The number of aromatic hydroxyl groups is 1. The van der Waals surface area contributed by atoms with E-state index in [2.05, 4.69) is 26.6 Å². The lowest BCUT2D eigenvalue weighted by Gasteiger charge is -2.06. The maximum atomic E-state index is 11.6. The van der Waals surface area contributed by atoms with Crippen LogP contribution >= 0.6 is 15.9 Å². The number of rotatable bonds is 4. The van der Waals surface area contributed by atoms with Gasteiger partial charge in [0.1, 0.15) is 5.75 Å². The summed E-state index contributed by atoms with van der Waals surface area (Å²) in [5, 5.41) is 15.1. The molecule has 0 spiro atoms. The van der Waals surface area contributed by atoms with Crippen molar-refractivity contribution in [2.75, 3.05) is 20.1 Å². The summed E-state index contributed by atoms with van der Waals surface area (Å²) in [4.78, 5) is 11.6. The van der Waals surface area contributed by atoms with Crippen LogP contribution in [0.5, 0.6) is 5.75 Å². The molecule has 0 aliphatic heterocycles. The summed E-state index contributed by atoms with van der Waals surface area (Å²) in [6.07, 6.45) is 0. The Morgan fingerprint density at radius 3 is 2.87 bits per heavy atom. The number of phenols is 1. The first-order valence-corrected chi connectivity index (χ1v) is 5.35. The van der Waals surface area contributed by atoms with Crippen LogP contribution in [0.3, 0.4) is 0 Å². The fourth-order valence-corrected chi connectivity index (χ4v) is 1.45. The largest absolute Gasteiger partial charge is 0.507 e. The van der Waals surface area contributed by atoms with E-state index in [9.17, 15) is 9.90 Å². The quantitative estimate of drug-likeness (QED) is 0.720. The van der Waals surface area contributed by atoms with Crippen LogP contribution in [0, 0.1) is 0 Å². The van der Waals surface area contributed by atoms with E-state index in [-0.39, 0.29) is 17.2 Å². The van der Waals surface area contributed by atoms with Gasteiger partial charge in [0, 0.05) is 17.6 Å². The third-order valence-electron chi connectivity index (χ3n) is 1.86. The van der Waals surface area contributed by atoms with Crippen LogP contribution < -0.4 is 10.6 Å². The van der Waals surface area contributed by atoms with E-state index in [1.807, 2.05) is 7.05 Å². The highest BCUT2D eigenvalue weighted by molar-refractivity contribution is 9.10. The molecule has 0 bridgehead atoms. The summed E-state index contributed by atoms with van der Waals surface area (Å²) in [5.41, 5.74) is 0.278. The van der Waals surface area contributed by atoms with Gasteiger partial charge in [0.15, 0.2) is 0 Å². The van der Waals surface area contributed by atoms with E-state index in [4.69, 9.17) is 0 Å². The van der Waals surface area contributed by atoms with Gasteiger partial charge in [0.05, 0.1) is 5.56 Å². The Balaban J connectivity index is 2.68. The molecule has 0 aliphatic carbocycles. The molecular weight excluding hydrogens is 260 g/mol. The van der Waals surface area contributed by atoms with Gasteiger partial charge < -0.3 is 15.7 Å². The van der Waals surface area contributed by atoms with Gasteiger partial charge in [-0.3, -0.25) is 4.79 Å². The normalized spacial score (nSPS) is 10.0. The van der Waals surface area contributed by atoms with Crippen molar-refractivity contribution in [3.05, 3.63) is 28.2 Å². The highest BCUT2D eigenvalue weighted by atomic mass is 79.9. The molecule has 4 nitrogen and oxygen atoms in total. The molecule has 1 rings (SSSR count). The molecule has 0 aliphatic rings. The van der Waals surface area contributed by atoms with E-state index < -0.39 is 0 Å². The van der Waals surface area contributed by atoms with Crippen molar-refractivity contribution in [1.29, 1.82) is 0 Å². The zero-order valence-corrected chi connectivity index (χ0v) is 9.97. The second-order valence-corrected chi connectivity index (χ2v) is 3.94. The number of benzene rings is 1. The predicted molar refractivity (Wildman–Crippen MR) is 62.1 cm³/mol. The Bertz CT molecular complexity index is 355. The van der Waals surface area contributed by atoms with Gasteiger partial charge in [-0.15, -0.1) is 0 Å². The smallest absolute Gasteiger partial charge is 0.255 e. The molecule has 0 aromatic heterocycles. The van der Waals surface area contributed by atoms with Gasteiger partial charge in [-0.1, -0.05) is 15.9 Å². The third kappa shape index (κ3) is 3.53. The lowest BCUT2D eigenvalue weighted by molar-refractivity contribution is 0.0951. The van der Waals surface area contributed by atoms with Crippen LogP contribution in [0.25, 0.3) is 0 Å². The predicted octanol–water partition coefficient (Wildman–Crippen LogP) is 1.10. The number of carbonyl (C=O) groups excluding carboxylic acids is 1. The summed E-state index contributed by atoms with van der Waals surface area (Å²) in [5.74, 6) is -0.288. The van der Waals surface area contributed by atoms with E-state index in [1.165, 1.54) is 6.07 Å². The van der Waals surface area contributed by atoms with Crippen molar-refractivity contribution in [3.8, 4) is 5.75 Å². The monoisotopic (exact) mass is 272 g/mol. The van der Waals surface area contributed by atoms with Gasteiger partial charge in [0.2, 0.25) is 0 Å². The lowest BCUT2D eigenvalue weighted by atomic mass is 10.2. The zero-order valence-electron chi connectivity index (χ0n) is 8.38. The van der Waals surface area contributed by atoms with E-state index in [1.54, 1.807) is 12.1 Å². The number of nitrogens with one attached hydrogen (secondary N) is 2. The van der Waals surface area contributed by atoms with Crippen molar-refractivity contribution >= 4 is 21.8 Å². The fraction of sp³-hybridized carbons (Fsp3) is 0.300. The minimum Gasteiger partial charge on any atom is -0.507 e. The Morgan fingerprint density at radius 2 is 2.20 bits per heavy atom. The molecule has 3 N–H and O–H groups in total. The van der Waals surface area contributed by atoms with E-state index in [0.717, 1.165) is 4.47 Å². The second-order valence-electron chi connectivity index (χ2n) is 3.02. The standard InChI is InChI=1S/C10H13BrN2O2/c1-12-4-5-13-10(15)8-6-7(11)2-3-9(8)14/h2-3,6,12,14H,4-5H2,1H3,(H,13,15). The van der Waals surface area contributed by atoms with Crippen molar-refractivity contribution in [2.24, 2.45) is 0 Å². The zero-order chi connectivity index (χ0) is 11.3. The van der Waals surface area contributed by atoms with Crippen molar-refractivity contribution in [3.63, 3.8) is 0 Å². The number of hydrogen-bond donors (Lipinski definition) is 3.